The van der Waals surface area contributed by atoms with Gasteiger partial charge in [-0.25, -0.2) is 9.97 Å². The van der Waals surface area contributed by atoms with E-state index in [1.54, 1.807) is 0 Å². The van der Waals surface area contributed by atoms with Gasteiger partial charge >= 0.3 is 0 Å². The fraction of sp³-hybridized carbons (Fsp3) is 0.450. The summed E-state index contributed by atoms with van der Waals surface area (Å²) in [5, 5.41) is 3.35. The Morgan fingerprint density at radius 1 is 1.32 bits per heavy atom. The molecule has 1 amide bonds. The molecular weight excluding hydrogens is 312 g/mol. The minimum Gasteiger partial charge on any atom is -0.341 e. The van der Waals surface area contributed by atoms with Gasteiger partial charge in [0.1, 0.15) is 5.82 Å². The highest BCUT2D eigenvalue weighted by Gasteiger charge is 2.32. The van der Waals surface area contributed by atoms with E-state index in [2.05, 4.69) is 10.3 Å². The summed E-state index contributed by atoms with van der Waals surface area (Å²) in [5.74, 6) is 1.27. The van der Waals surface area contributed by atoms with Gasteiger partial charge in [0.2, 0.25) is 5.91 Å². The van der Waals surface area contributed by atoms with E-state index in [0.717, 1.165) is 50.4 Å². The Balaban J connectivity index is 1.45. The zero-order valence-electron chi connectivity index (χ0n) is 14.6. The van der Waals surface area contributed by atoms with Crippen molar-refractivity contribution in [2.24, 2.45) is 0 Å². The molecule has 0 bridgehead atoms. The molecule has 5 heteroatoms. The third kappa shape index (κ3) is 3.29. The second-order valence-corrected chi connectivity index (χ2v) is 7.03. The number of rotatable bonds is 3. The first kappa shape index (κ1) is 16.2. The van der Waals surface area contributed by atoms with Crippen molar-refractivity contribution in [3.63, 3.8) is 0 Å². The number of hydrogen-bond acceptors (Lipinski definition) is 4. The number of likely N-dealkylation sites (tertiary alicyclic amines) is 1. The lowest BCUT2D eigenvalue weighted by Crippen LogP contribution is -2.32. The Hall–Kier alpha value is -2.27. The molecule has 0 radical (unpaired) electrons. The normalized spacial score (nSPS) is 21.0. The van der Waals surface area contributed by atoms with Crippen molar-refractivity contribution in [3.8, 4) is 0 Å². The number of carbonyl (C=O) groups excluding carboxylic acids is 1. The fourth-order valence-corrected chi connectivity index (χ4v) is 3.78. The first-order chi connectivity index (χ1) is 12.2. The minimum atomic E-state index is -0.101. The summed E-state index contributed by atoms with van der Waals surface area (Å²) >= 11 is 0. The summed E-state index contributed by atoms with van der Waals surface area (Å²) in [7, 11) is 0. The average molecular weight is 336 g/mol. The van der Waals surface area contributed by atoms with Crippen LogP contribution in [0.5, 0.6) is 0 Å². The molecule has 1 aromatic heterocycles. The lowest BCUT2D eigenvalue weighted by atomic mass is 10.00. The number of nitrogens with zero attached hydrogens (tertiary/aromatic N) is 3. The van der Waals surface area contributed by atoms with Crippen LogP contribution in [0.25, 0.3) is 0 Å². The largest absolute Gasteiger partial charge is 0.341 e. The molecule has 5 nitrogen and oxygen atoms in total. The van der Waals surface area contributed by atoms with Crippen molar-refractivity contribution in [1.29, 1.82) is 0 Å². The first-order valence-corrected chi connectivity index (χ1v) is 9.11. The van der Waals surface area contributed by atoms with Gasteiger partial charge in [-0.2, -0.15) is 0 Å². The molecule has 0 spiro atoms. The van der Waals surface area contributed by atoms with Crippen LogP contribution in [0.1, 0.15) is 47.8 Å². The smallest absolute Gasteiger partial charge is 0.229 e. The van der Waals surface area contributed by atoms with Gasteiger partial charge in [-0.15, -0.1) is 0 Å². The van der Waals surface area contributed by atoms with Crippen LogP contribution in [0.3, 0.4) is 0 Å². The van der Waals surface area contributed by atoms with E-state index in [1.165, 1.54) is 11.3 Å². The summed E-state index contributed by atoms with van der Waals surface area (Å²) in [6.45, 7) is 5.36. The zero-order chi connectivity index (χ0) is 17.2. The molecule has 0 saturated carbocycles. The van der Waals surface area contributed by atoms with Gasteiger partial charge in [0.25, 0.3) is 0 Å². The molecule has 2 unspecified atom stereocenters. The number of hydrogen-bond donors (Lipinski definition) is 1. The van der Waals surface area contributed by atoms with Gasteiger partial charge in [-0.05, 0) is 18.9 Å². The van der Waals surface area contributed by atoms with Crippen molar-refractivity contribution < 1.29 is 4.79 Å². The Bertz CT molecular complexity index is 762. The Morgan fingerprint density at radius 3 is 3.00 bits per heavy atom. The molecule has 0 aliphatic carbocycles. The van der Waals surface area contributed by atoms with E-state index in [9.17, 15) is 4.79 Å². The summed E-state index contributed by atoms with van der Waals surface area (Å²) in [6.07, 6.45) is 3.87. The number of nitrogens with one attached hydrogen (secondary N) is 1. The maximum absolute atomic E-state index is 12.8. The Labute approximate surface area is 148 Å². The van der Waals surface area contributed by atoms with Crippen LogP contribution in [-0.4, -0.2) is 40.4 Å². The predicted octanol–water partition coefficient (Wildman–Crippen LogP) is 2.24. The SMILES string of the molecule is CC(C(=O)N1CCC(c2ncc3c(n2)CCNC3)C1)c1ccccc1. The summed E-state index contributed by atoms with van der Waals surface area (Å²) in [6, 6.07) is 10.0. The molecule has 1 aromatic carbocycles. The average Bonchev–Trinajstić information content (AvgIpc) is 3.17. The van der Waals surface area contributed by atoms with E-state index in [-0.39, 0.29) is 17.7 Å². The lowest BCUT2D eigenvalue weighted by Gasteiger charge is -2.21. The fourth-order valence-electron chi connectivity index (χ4n) is 3.78. The number of aromatic nitrogens is 2. The standard InChI is InChI=1S/C20H24N4O/c1-14(15-5-3-2-4-6-15)20(25)24-10-8-16(13-24)19-22-12-17-11-21-9-7-18(17)23-19/h2-6,12,14,16,21H,7-11,13H2,1H3. The summed E-state index contributed by atoms with van der Waals surface area (Å²) < 4.78 is 0. The summed E-state index contributed by atoms with van der Waals surface area (Å²) in [5.41, 5.74) is 3.46. The van der Waals surface area contributed by atoms with Crippen LogP contribution in [0.2, 0.25) is 0 Å². The third-order valence-corrected chi connectivity index (χ3v) is 5.36. The van der Waals surface area contributed by atoms with Crippen molar-refractivity contribution in [3.05, 3.63) is 59.2 Å². The second-order valence-electron chi connectivity index (χ2n) is 7.03. The van der Waals surface area contributed by atoms with Crippen molar-refractivity contribution in [2.75, 3.05) is 19.6 Å². The molecule has 1 N–H and O–H groups in total. The van der Waals surface area contributed by atoms with E-state index in [1.807, 2.05) is 48.4 Å². The number of carbonyl (C=O) groups is 1. The molecule has 130 valence electrons. The highest BCUT2D eigenvalue weighted by atomic mass is 16.2. The predicted molar refractivity (Wildman–Crippen MR) is 96.2 cm³/mol. The van der Waals surface area contributed by atoms with Crippen LogP contribution < -0.4 is 5.32 Å². The Kier molecular flexibility index (Phi) is 4.49. The van der Waals surface area contributed by atoms with Crippen molar-refractivity contribution in [1.82, 2.24) is 20.2 Å². The molecule has 2 aromatic rings. The van der Waals surface area contributed by atoms with Gasteiger partial charge < -0.3 is 10.2 Å². The number of fused-ring (bicyclic) bond motifs is 1. The van der Waals surface area contributed by atoms with E-state index in [0.29, 0.717) is 0 Å². The van der Waals surface area contributed by atoms with E-state index >= 15 is 0 Å². The van der Waals surface area contributed by atoms with Gasteiger partial charge in [0.15, 0.2) is 0 Å². The monoisotopic (exact) mass is 336 g/mol. The maximum Gasteiger partial charge on any atom is 0.229 e. The molecule has 1 saturated heterocycles. The van der Waals surface area contributed by atoms with Gasteiger partial charge in [-0.1, -0.05) is 30.3 Å². The van der Waals surface area contributed by atoms with Crippen LogP contribution in [0.4, 0.5) is 0 Å². The Morgan fingerprint density at radius 2 is 2.16 bits per heavy atom. The highest BCUT2D eigenvalue weighted by Crippen LogP contribution is 2.28. The number of benzene rings is 1. The van der Waals surface area contributed by atoms with Crippen molar-refractivity contribution in [2.45, 2.75) is 38.1 Å². The van der Waals surface area contributed by atoms with Gasteiger partial charge in [0.05, 0.1) is 5.92 Å². The van der Waals surface area contributed by atoms with Crippen LogP contribution >= 0.6 is 0 Å². The minimum absolute atomic E-state index is 0.101. The second kappa shape index (κ2) is 6.92. The molecular formula is C20H24N4O. The van der Waals surface area contributed by atoms with Gasteiger partial charge in [0, 0.05) is 56.0 Å². The molecule has 4 rings (SSSR count). The molecule has 2 aliphatic rings. The zero-order valence-corrected chi connectivity index (χ0v) is 14.6. The number of amides is 1. The van der Waals surface area contributed by atoms with E-state index < -0.39 is 0 Å². The maximum atomic E-state index is 12.8. The highest BCUT2D eigenvalue weighted by molar-refractivity contribution is 5.83. The van der Waals surface area contributed by atoms with Crippen LogP contribution in [0.15, 0.2) is 36.5 Å². The van der Waals surface area contributed by atoms with Gasteiger partial charge in [-0.3, -0.25) is 4.79 Å². The topological polar surface area (TPSA) is 58.1 Å². The van der Waals surface area contributed by atoms with E-state index in [4.69, 9.17) is 4.98 Å². The molecule has 1 fully saturated rings. The quantitative estimate of drug-likeness (QED) is 0.934. The third-order valence-electron chi connectivity index (χ3n) is 5.36. The first-order valence-electron chi connectivity index (χ1n) is 9.11. The molecule has 2 atom stereocenters. The molecule has 25 heavy (non-hydrogen) atoms. The molecule has 3 heterocycles. The summed E-state index contributed by atoms with van der Waals surface area (Å²) in [4.78, 5) is 24.2. The molecule has 2 aliphatic heterocycles. The van der Waals surface area contributed by atoms with Crippen LogP contribution in [-0.2, 0) is 17.8 Å². The van der Waals surface area contributed by atoms with Crippen molar-refractivity contribution >= 4 is 5.91 Å². The lowest BCUT2D eigenvalue weighted by molar-refractivity contribution is -0.131. The van der Waals surface area contributed by atoms with Crippen LogP contribution in [0, 0.1) is 0 Å².